The third-order valence-corrected chi connectivity index (χ3v) is 3.00. The lowest BCUT2D eigenvalue weighted by molar-refractivity contribution is 0.102. The van der Waals surface area contributed by atoms with Gasteiger partial charge in [0.05, 0.1) is 5.69 Å². The van der Waals surface area contributed by atoms with Crippen LogP contribution in [0.3, 0.4) is 0 Å². The van der Waals surface area contributed by atoms with E-state index in [1.165, 1.54) is 0 Å². The number of nitrogens with one attached hydrogen (secondary N) is 2. The Morgan fingerprint density at radius 1 is 1.37 bits per heavy atom. The molecule has 1 amide bonds. The zero-order valence-electron chi connectivity index (χ0n) is 9.91. The Morgan fingerprint density at radius 3 is 2.89 bits per heavy atom. The maximum absolute atomic E-state index is 13.3. The van der Waals surface area contributed by atoms with Crippen LogP contribution >= 0.6 is 11.3 Å². The lowest BCUT2D eigenvalue weighted by Crippen LogP contribution is -2.13. The molecule has 2 N–H and O–H groups in total. The predicted octanol–water partition coefficient (Wildman–Crippen LogP) is 2.50. The Hall–Kier alpha value is -2.09. The van der Waals surface area contributed by atoms with Gasteiger partial charge in [-0.25, -0.2) is 8.78 Å². The topological polar surface area (TPSA) is 66.9 Å². The fourth-order valence-electron chi connectivity index (χ4n) is 1.31. The molecular formula is C11H10F2N4OS. The van der Waals surface area contributed by atoms with Crippen molar-refractivity contribution in [3.05, 3.63) is 34.8 Å². The highest BCUT2D eigenvalue weighted by Crippen LogP contribution is 2.19. The summed E-state index contributed by atoms with van der Waals surface area (Å²) in [4.78, 5) is 11.8. The van der Waals surface area contributed by atoms with Gasteiger partial charge < -0.3 is 10.6 Å². The predicted molar refractivity (Wildman–Crippen MR) is 68.4 cm³/mol. The molecule has 0 radical (unpaired) electrons. The number of aromatic nitrogens is 2. The van der Waals surface area contributed by atoms with Crippen LogP contribution in [0.5, 0.6) is 0 Å². The van der Waals surface area contributed by atoms with Crippen molar-refractivity contribution in [2.24, 2.45) is 0 Å². The van der Waals surface area contributed by atoms with Gasteiger partial charge in [-0.05, 0) is 19.1 Å². The first kappa shape index (κ1) is 13.3. The molecule has 8 heteroatoms. The zero-order valence-corrected chi connectivity index (χ0v) is 10.7. The maximum Gasteiger partial charge on any atom is 0.286 e. The Morgan fingerprint density at radius 2 is 2.16 bits per heavy atom. The van der Waals surface area contributed by atoms with Crippen LogP contribution < -0.4 is 10.6 Å². The zero-order chi connectivity index (χ0) is 13.8. The molecule has 0 aliphatic rings. The molecule has 1 aromatic heterocycles. The number of hydrogen-bond donors (Lipinski definition) is 2. The van der Waals surface area contributed by atoms with E-state index in [1.807, 2.05) is 6.92 Å². The number of benzene rings is 1. The SMILES string of the molecule is CCNc1nnc(C(=O)Nc2cc(F)ccc2F)s1. The molecule has 0 spiro atoms. The van der Waals surface area contributed by atoms with Gasteiger partial charge in [0.15, 0.2) is 0 Å². The minimum Gasteiger partial charge on any atom is -0.360 e. The Balaban J connectivity index is 2.13. The number of anilines is 2. The van der Waals surface area contributed by atoms with Crippen LogP contribution in [-0.4, -0.2) is 22.6 Å². The first-order valence-corrected chi connectivity index (χ1v) is 6.25. The first-order chi connectivity index (χ1) is 9.10. The van der Waals surface area contributed by atoms with E-state index < -0.39 is 17.5 Å². The maximum atomic E-state index is 13.3. The summed E-state index contributed by atoms with van der Waals surface area (Å²) in [5, 5.41) is 13.1. The Kier molecular flexibility index (Phi) is 4.00. The highest BCUT2D eigenvalue weighted by Gasteiger charge is 2.15. The minimum absolute atomic E-state index is 0.0691. The smallest absolute Gasteiger partial charge is 0.286 e. The number of rotatable bonds is 4. The summed E-state index contributed by atoms with van der Waals surface area (Å²) < 4.78 is 26.3. The number of hydrogen-bond acceptors (Lipinski definition) is 5. The van der Waals surface area contributed by atoms with Crippen molar-refractivity contribution in [3.63, 3.8) is 0 Å². The van der Waals surface area contributed by atoms with Gasteiger partial charge in [0.25, 0.3) is 5.91 Å². The van der Waals surface area contributed by atoms with E-state index in [0.717, 1.165) is 29.5 Å². The third kappa shape index (κ3) is 3.22. The molecule has 5 nitrogen and oxygen atoms in total. The Labute approximate surface area is 111 Å². The van der Waals surface area contributed by atoms with Crippen molar-refractivity contribution in [2.75, 3.05) is 17.2 Å². The van der Waals surface area contributed by atoms with E-state index in [0.29, 0.717) is 11.7 Å². The molecule has 1 aromatic carbocycles. The summed E-state index contributed by atoms with van der Waals surface area (Å²) in [5.74, 6) is -1.99. The number of nitrogens with zero attached hydrogens (tertiary/aromatic N) is 2. The lowest BCUT2D eigenvalue weighted by Gasteiger charge is -2.03. The van der Waals surface area contributed by atoms with Gasteiger partial charge in [-0.15, -0.1) is 10.2 Å². The van der Waals surface area contributed by atoms with Gasteiger partial charge in [-0.3, -0.25) is 4.79 Å². The molecule has 19 heavy (non-hydrogen) atoms. The van der Waals surface area contributed by atoms with E-state index >= 15 is 0 Å². The molecule has 2 aromatic rings. The van der Waals surface area contributed by atoms with Gasteiger partial charge in [-0.1, -0.05) is 11.3 Å². The van der Waals surface area contributed by atoms with E-state index in [-0.39, 0.29) is 10.7 Å². The molecule has 0 saturated heterocycles. The van der Waals surface area contributed by atoms with Crippen LogP contribution in [0.25, 0.3) is 0 Å². The summed E-state index contributed by atoms with van der Waals surface area (Å²) in [5.41, 5.74) is -0.231. The average Bonchev–Trinajstić information content (AvgIpc) is 2.83. The van der Waals surface area contributed by atoms with Gasteiger partial charge in [0.2, 0.25) is 10.1 Å². The number of carbonyl (C=O) groups is 1. The normalized spacial score (nSPS) is 10.3. The van der Waals surface area contributed by atoms with Gasteiger partial charge >= 0.3 is 0 Å². The summed E-state index contributed by atoms with van der Waals surface area (Å²) in [6.07, 6.45) is 0. The quantitative estimate of drug-likeness (QED) is 0.905. The summed E-state index contributed by atoms with van der Waals surface area (Å²) in [7, 11) is 0. The molecule has 0 atom stereocenters. The molecule has 0 aliphatic heterocycles. The van der Waals surface area contributed by atoms with E-state index in [2.05, 4.69) is 20.8 Å². The van der Waals surface area contributed by atoms with Crippen LogP contribution in [-0.2, 0) is 0 Å². The molecule has 2 rings (SSSR count). The first-order valence-electron chi connectivity index (χ1n) is 5.44. The third-order valence-electron chi connectivity index (χ3n) is 2.12. The second-order valence-corrected chi connectivity index (χ2v) is 4.50. The monoisotopic (exact) mass is 284 g/mol. The molecule has 0 fully saturated rings. The van der Waals surface area contributed by atoms with E-state index in [9.17, 15) is 13.6 Å². The van der Waals surface area contributed by atoms with Crippen LogP contribution in [0.1, 0.15) is 16.7 Å². The van der Waals surface area contributed by atoms with Crippen molar-refractivity contribution < 1.29 is 13.6 Å². The minimum atomic E-state index is -0.717. The fraction of sp³-hybridized carbons (Fsp3) is 0.182. The van der Waals surface area contributed by atoms with Crippen molar-refractivity contribution in [2.45, 2.75) is 6.92 Å². The molecular weight excluding hydrogens is 274 g/mol. The van der Waals surface area contributed by atoms with Crippen LogP contribution in [0.2, 0.25) is 0 Å². The van der Waals surface area contributed by atoms with Crippen LogP contribution in [0.15, 0.2) is 18.2 Å². The number of halogens is 2. The second-order valence-electron chi connectivity index (χ2n) is 3.52. The molecule has 1 heterocycles. The standard InChI is InChI=1S/C11H10F2N4OS/c1-2-14-11-17-16-10(19-11)9(18)15-8-5-6(12)3-4-7(8)13/h3-5H,2H2,1H3,(H,14,17)(H,15,18). The molecule has 0 bridgehead atoms. The van der Waals surface area contributed by atoms with Crippen molar-refractivity contribution in [1.29, 1.82) is 0 Å². The number of carbonyl (C=O) groups excluding carboxylic acids is 1. The molecule has 100 valence electrons. The number of amides is 1. The van der Waals surface area contributed by atoms with E-state index in [1.54, 1.807) is 0 Å². The van der Waals surface area contributed by atoms with E-state index in [4.69, 9.17) is 0 Å². The summed E-state index contributed by atoms with van der Waals surface area (Å²) >= 11 is 1.03. The second kappa shape index (κ2) is 5.70. The van der Waals surface area contributed by atoms with Crippen LogP contribution in [0.4, 0.5) is 19.6 Å². The average molecular weight is 284 g/mol. The highest BCUT2D eigenvalue weighted by atomic mass is 32.1. The van der Waals surface area contributed by atoms with Gasteiger partial charge in [0.1, 0.15) is 11.6 Å². The molecule has 0 aliphatic carbocycles. The lowest BCUT2D eigenvalue weighted by atomic mass is 10.3. The van der Waals surface area contributed by atoms with Crippen LogP contribution in [0, 0.1) is 11.6 Å². The van der Waals surface area contributed by atoms with Gasteiger partial charge in [-0.2, -0.15) is 0 Å². The highest BCUT2D eigenvalue weighted by molar-refractivity contribution is 7.17. The molecule has 0 saturated carbocycles. The fourth-order valence-corrected chi connectivity index (χ4v) is 2.01. The summed E-state index contributed by atoms with van der Waals surface area (Å²) in [6.45, 7) is 2.53. The largest absolute Gasteiger partial charge is 0.360 e. The van der Waals surface area contributed by atoms with Crippen molar-refractivity contribution >= 4 is 28.1 Å². The van der Waals surface area contributed by atoms with Gasteiger partial charge in [0, 0.05) is 12.6 Å². The molecule has 0 unspecified atom stereocenters. The Bertz CT molecular complexity index is 602. The van der Waals surface area contributed by atoms with Crippen molar-refractivity contribution in [1.82, 2.24) is 10.2 Å². The van der Waals surface area contributed by atoms with Crippen molar-refractivity contribution in [3.8, 4) is 0 Å². The summed E-state index contributed by atoms with van der Waals surface area (Å²) in [6, 6.07) is 2.81.